The van der Waals surface area contributed by atoms with Gasteiger partial charge in [0.25, 0.3) is 0 Å². The summed E-state index contributed by atoms with van der Waals surface area (Å²) in [6.45, 7) is 13.6. The van der Waals surface area contributed by atoms with Gasteiger partial charge >= 0.3 is 5.97 Å². The van der Waals surface area contributed by atoms with Gasteiger partial charge in [-0.25, -0.2) is 0 Å². The Bertz CT molecular complexity index is 997. The van der Waals surface area contributed by atoms with Crippen LogP contribution in [0.15, 0.2) is 24.3 Å². The molecule has 38 heavy (non-hydrogen) atoms. The van der Waals surface area contributed by atoms with E-state index < -0.39 is 40.6 Å². The van der Waals surface area contributed by atoms with Crippen LogP contribution in [-0.2, 0) is 23.9 Å². The van der Waals surface area contributed by atoms with Crippen molar-refractivity contribution in [3.05, 3.63) is 24.3 Å². The molecule has 1 spiro atoms. The molecule has 0 bridgehead atoms. The molecule has 4 aliphatic heterocycles. The molecule has 0 aliphatic carbocycles. The summed E-state index contributed by atoms with van der Waals surface area (Å²) in [5.41, 5.74) is -2.80. The Morgan fingerprint density at radius 1 is 1.00 bits per heavy atom. The molecule has 2 saturated heterocycles. The summed E-state index contributed by atoms with van der Waals surface area (Å²) >= 11 is 0. The summed E-state index contributed by atoms with van der Waals surface area (Å²) in [4.78, 5) is 45.8. The number of likely N-dealkylation sites (tertiary alicyclic amines) is 1. The molecule has 0 radical (unpaired) electrons. The van der Waals surface area contributed by atoms with Crippen molar-refractivity contribution in [3.8, 4) is 0 Å². The first-order valence-corrected chi connectivity index (χ1v) is 14.2. The molecule has 5 atom stereocenters. The predicted molar refractivity (Wildman–Crippen MR) is 144 cm³/mol. The van der Waals surface area contributed by atoms with Gasteiger partial charge in [-0.05, 0) is 64.7 Å². The highest BCUT2D eigenvalue weighted by atomic mass is 16.6. The van der Waals surface area contributed by atoms with Crippen LogP contribution >= 0.6 is 0 Å². The second kappa shape index (κ2) is 10.4. The van der Waals surface area contributed by atoms with E-state index in [1.807, 2.05) is 36.1 Å². The number of amides is 2. The smallest absolute Gasteiger partial charge is 0.313 e. The Morgan fingerprint density at radius 2 is 1.74 bits per heavy atom. The van der Waals surface area contributed by atoms with E-state index in [1.165, 1.54) is 0 Å². The van der Waals surface area contributed by atoms with E-state index in [1.54, 1.807) is 4.90 Å². The number of rotatable bonds is 7. The molecule has 1 N–H and O–H groups in total. The fourth-order valence-corrected chi connectivity index (χ4v) is 7.38. The van der Waals surface area contributed by atoms with Crippen LogP contribution in [0.2, 0.25) is 0 Å². The second-order valence-electron chi connectivity index (χ2n) is 13.4. The number of unbranched alkanes of at least 4 members (excludes halogenated alkanes) is 2. The van der Waals surface area contributed by atoms with Gasteiger partial charge in [-0.1, -0.05) is 45.1 Å². The highest BCUT2D eigenvalue weighted by molar-refractivity contribution is 5.99. The molecule has 0 aromatic rings. The van der Waals surface area contributed by atoms with E-state index in [0.29, 0.717) is 39.0 Å². The molecular formula is C30H46N2O6. The molecular weight excluding hydrogens is 484 g/mol. The number of aliphatic hydroxyl groups excluding tert-OH is 1. The summed E-state index contributed by atoms with van der Waals surface area (Å²) in [7, 11) is 0. The molecule has 4 heterocycles. The molecule has 2 fully saturated rings. The van der Waals surface area contributed by atoms with E-state index in [-0.39, 0.29) is 23.8 Å². The maximum atomic E-state index is 14.6. The lowest BCUT2D eigenvalue weighted by molar-refractivity contribution is -0.160. The average molecular weight is 531 g/mol. The molecule has 0 aromatic heterocycles. The molecule has 1 unspecified atom stereocenters. The van der Waals surface area contributed by atoms with E-state index >= 15 is 0 Å². The number of fused-ring (bicyclic) bond motifs is 2. The van der Waals surface area contributed by atoms with Crippen molar-refractivity contribution in [2.45, 2.75) is 103 Å². The van der Waals surface area contributed by atoms with Crippen molar-refractivity contribution in [3.63, 3.8) is 0 Å². The molecule has 4 rings (SSSR count). The van der Waals surface area contributed by atoms with Crippen molar-refractivity contribution >= 4 is 17.8 Å². The number of cyclic esters (lactones) is 1. The van der Waals surface area contributed by atoms with Crippen LogP contribution in [0.3, 0.4) is 0 Å². The van der Waals surface area contributed by atoms with Gasteiger partial charge in [-0.15, -0.1) is 0 Å². The molecule has 4 aliphatic rings. The van der Waals surface area contributed by atoms with Crippen LogP contribution in [0.5, 0.6) is 0 Å². The first-order valence-electron chi connectivity index (χ1n) is 14.2. The van der Waals surface area contributed by atoms with E-state index in [2.05, 4.69) is 34.6 Å². The number of hydrogen-bond donors (Lipinski definition) is 1. The summed E-state index contributed by atoms with van der Waals surface area (Å²) < 4.78 is 12.5. The third-order valence-corrected chi connectivity index (χ3v) is 8.50. The Kier molecular flexibility index (Phi) is 7.90. The van der Waals surface area contributed by atoms with Gasteiger partial charge in [-0.2, -0.15) is 0 Å². The van der Waals surface area contributed by atoms with Crippen LogP contribution < -0.4 is 0 Å². The van der Waals surface area contributed by atoms with Gasteiger partial charge in [0.05, 0.1) is 18.1 Å². The molecule has 2 amide bonds. The van der Waals surface area contributed by atoms with Gasteiger partial charge < -0.3 is 24.4 Å². The molecule has 8 nitrogen and oxygen atoms in total. The average Bonchev–Trinajstić information content (AvgIpc) is 3.14. The van der Waals surface area contributed by atoms with Gasteiger partial charge in [-0.3, -0.25) is 14.4 Å². The Morgan fingerprint density at radius 3 is 2.42 bits per heavy atom. The van der Waals surface area contributed by atoms with Gasteiger partial charge in [0.2, 0.25) is 11.8 Å². The quantitative estimate of drug-likeness (QED) is 0.307. The molecule has 8 heteroatoms. The van der Waals surface area contributed by atoms with Crippen LogP contribution in [-0.4, -0.2) is 81.8 Å². The highest BCUT2D eigenvalue weighted by Gasteiger charge is 2.74. The second-order valence-corrected chi connectivity index (χ2v) is 13.4. The Hall–Kier alpha value is -2.19. The zero-order valence-electron chi connectivity index (χ0n) is 24.0. The lowest BCUT2D eigenvalue weighted by atomic mass is 9.74. The first-order chi connectivity index (χ1) is 17.8. The van der Waals surface area contributed by atoms with Gasteiger partial charge in [0, 0.05) is 25.2 Å². The number of allylic oxidation sites excluding steroid dienone is 1. The lowest BCUT2D eigenvalue weighted by Crippen LogP contribution is -2.60. The molecule has 0 aromatic carbocycles. The minimum Gasteiger partial charge on any atom is -0.465 e. The predicted octanol–water partition coefficient (Wildman–Crippen LogP) is 3.63. The lowest BCUT2D eigenvalue weighted by Gasteiger charge is -2.44. The minimum atomic E-state index is -1.26. The first kappa shape index (κ1) is 28.8. The van der Waals surface area contributed by atoms with E-state index in [4.69, 9.17) is 9.47 Å². The largest absolute Gasteiger partial charge is 0.465 e. The SMILES string of the molecule is CC(C)(C)CC(C)(C)N1CC=C[C@]23O[C@@]4(C)/C=C\CCCOC(=O)[C@H]4[C@H]2C(=O)N(CCCCCO)C3C1=O. The fourth-order valence-electron chi connectivity index (χ4n) is 7.38. The maximum absolute atomic E-state index is 14.6. The summed E-state index contributed by atoms with van der Waals surface area (Å²) in [6.07, 6.45) is 12.0. The number of hydrogen-bond acceptors (Lipinski definition) is 6. The third-order valence-electron chi connectivity index (χ3n) is 8.50. The van der Waals surface area contributed by atoms with Crippen molar-refractivity contribution < 1.29 is 29.0 Å². The number of carbonyl (C=O) groups excluding carboxylic acids is 3. The molecule has 212 valence electrons. The van der Waals surface area contributed by atoms with Crippen molar-refractivity contribution in [2.24, 2.45) is 17.3 Å². The van der Waals surface area contributed by atoms with Crippen LogP contribution in [0.25, 0.3) is 0 Å². The number of nitrogens with zero attached hydrogens (tertiary/aromatic N) is 2. The monoisotopic (exact) mass is 530 g/mol. The van der Waals surface area contributed by atoms with Crippen molar-refractivity contribution in [2.75, 3.05) is 26.3 Å². The number of esters is 1. The summed E-state index contributed by atoms with van der Waals surface area (Å²) in [5.74, 6) is -2.51. The summed E-state index contributed by atoms with van der Waals surface area (Å²) in [5, 5.41) is 9.26. The third kappa shape index (κ3) is 5.06. The number of aliphatic hydroxyl groups is 1. The standard InChI is InChI=1S/C30H46N2O6/c1-27(2,3)20-28(4,5)32-17-13-15-30-21(22-26(36)37-19-12-7-9-14-29(22,6)38-30)24(34)31(23(30)25(32)35)16-10-8-11-18-33/h9,13-15,21-23,33H,7-8,10-12,16-20H2,1-6H3/b14-9-/t21-,22+,23?,29-,30-/m0/s1. The zero-order chi connectivity index (χ0) is 27.9. The number of ether oxygens (including phenoxy) is 2. The topological polar surface area (TPSA) is 96.4 Å². The van der Waals surface area contributed by atoms with Gasteiger partial charge in [0.15, 0.2) is 0 Å². The fraction of sp³-hybridized carbons (Fsp3) is 0.767. The normalized spacial score (nSPS) is 34.6. The Labute approximate surface area is 227 Å². The zero-order valence-corrected chi connectivity index (χ0v) is 24.0. The number of carbonyl (C=O) groups is 3. The molecule has 0 saturated carbocycles. The highest BCUT2D eigenvalue weighted by Crippen LogP contribution is 2.57. The van der Waals surface area contributed by atoms with Crippen molar-refractivity contribution in [1.82, 2.24) is 9.80 Å². The Balaban J connectivity index is 1.80. The van der Waals surface area contributed by atoms with E-state index in [9.17, 15) is 19.5 Å². The van der Waals surface area contributed by atoms with Gasteiger partial charge in [0.1, 0.15) is 17.6 Å². The van der Waals surface area contributed by atoms with Crippen molar-refractivity contribution in [1.29, 1.82) is 0 Å². The van der Waals surface area contributed by atoms with E-state index in [0.717, 1.165) is 19.3 Å². The summed E-state index contributed by atoms with van der Waals surface area (Å²) in [6, 6.07) is -0.874. The van der Waals surface area contributed by atoms with Crippen LogP contribution in [0.1, 0.15) is 80.1 Å². The van der Waals surface area contributed by atoms with Crippen LogP contribution in [0, 0.1) is 17.3 Å². The maximum Gasteiger partial charge on any atom is 0.313 e. The minimum absolute atomic E-state index is 0.00859. The van der Waals surface area contributed by atoms with Crippen LogP contribution in [0.4, 0.5) is 0 Å².